The molecule has 0 aromatic heterocycles. The Balaban J connectivity index is 1.83. The number of rotatable bonds is 9. The Bertz CT molecular complexity index is 480. The Kier molecular flexibility index (Phi) is 9.03. The van der Waals surface area contributed by atoms with Crippen LogP contribution in [0, 0.1) is 5.92 Å². The van der Waals surface area contributed by atoms with Gasteiger partial charge in [-0.05, 0) is 45.4 Å². The van der Waals surface area contributed by atoms with Crippen molar-refractivity contribution in [2.75, 3.05) is 39.3 Å². The first-order chi connectivity index (χ1) is 13.0. The molecule has 1 aliphatic carbocycles. The largest absolute Gasteiger partial charge is 0.450 e. The van der Waals surface area contributed by atoms with E-state index in [9.17, 15) is 13.6 Å². The van der Waals surface area contributed by atoms with Gasteiger partial charge in [-0.15, -0.1) is 0 Å². The summed E-state index contributed by atoms with van der Waals surface area (Å²) in [6.07, 6.45) is 1.14. The van der Waals surface area contributed by atoms with Crippen LogP contribution < -0.4 is 16.0 Å². The third-order valence-electron chi connectivity index (χ3n) is 4.88. The van der Waals surface area contributed by atoms with E-state index in [-0.39, 0.29) is 18.6 Å². The van der Waals surface area contributed by atoms with Crippen LogP contribution in [0.4, 0.5) is 13.6 Å². The molecule has 0 radical (unpaired) electrons. The zero-order chi connectivity index (χ0) is 19.6. The highest BCUT2D eigenvalue weighted by atomic mass is 19.3. The zero-order valence-corrected chi connectivity index (χ0v) is 16.3. The molecule has 2 rings (SSSR count). The maximum atomic E-state index is 12.5. The molecule has 1 unspecified atom stereocenters. The number of hydrogen-bond acceptors (Lipinski definition) is 4. The van der Waals surface area contributed by atoms with E-state index in [0.29, 0.717) is 38.1 Å². The smallest absolute Gasteiger partial charge is 0.407 e. The molecule has 2 fully saturated rings. The van der Waals surface area contributed by atoms with Crippen LogP contribution in [0.25, 0.3) is 0 Å². The number of alkyl halides is 2. The second-order valence-electron chi connectivity index (χ2n) is 7.14. The van der Waals surface area contributed by atoms with E-state index < -0.39 is 12.5 Å². The number of alkyl carbamates (subject to hydrolysis) is 1. The number of carbonyl (C=O) groups excluding carboxylic acids is 1. The summed E-state index contributed by atoms with van der Waals surface area (Å²) in [6.45, 7) is 6.53. The van der Waals surface area contributed by atoms with E-state index in [1.165, 1.54) is 0 Å². The molecule has 2 aliphatic rings. The van der Waals surface area contributed by atoms with Crippen molar-refractivity contribution in [3.63, 3.8) is 0 Å². The van der Waals surface area contributed by atoms with Crippen LogP contribution in [0.5, 0.6) is 0 Å². The number of halogens is 2. The molecule has 156 valence electrons. The van der Waals surface area contributed by atoms with Gasteiger partial charge in [-0.3, -0.25) is 9.89 Å². The number of aliphatic imine (C=N–C) groups is 1. The van der Waals surface area contributed by atoms with Gasteiger partial charge in [0.15, 0.2) is 5.96 Å². The fourth-order valence-electron chi connectivity index (χ4n) is 3.29. The number of piperidine rings is 1. The number of nitrogens with zero attached hydrogens (tertiary/aromatic N) is 2. The number of hydrogen-bond donors (Lipinski definition) is 3. The van der Waals surface area contributed by atoms with Gasteiger partial charge in [0.25, 0.3) is 6.43 Å². The third-order valence-corrected chi connectivity index (χ3v) is 4.88. The minimum atomic E-state index is -2.28. The molecule has 0 spiro atoms. The van der Waals surface area contributed by atoms with Gasteiger partial charge in [0.2, 0.25) is 0 Å². The minimum absolute atomic E-state index is 0.0209. The van der Waals surface area contributed by atoms with Crippen LogP contribution in [0.3, 0.4) is 0 Å². The molecule has 1 heterocycles. The highest BCUT2D eigenvalue weighted by molar-refractivity contribution is 5.80. The maximum Gasteiger partial charge on any atom is 0.407 e. The van der Waals surface area contributed by atoms with Crippen molar-refractivity contribution in [2.45, 2.75) is 58.0 Å². The Labute approximate surface area is 160 Å². The SMILES string of the molecule is CCNC(=NCC(NC(=O)OCC)C1CC1)NC1CCN(CC(F)F)CC1. The predicted octanol–water partition coefficient (Wildman–Crippen LogP) is 1.80. The number of nitrogens with one attached hydrogen (secondary N) is 3. The average Bonchev–Trinajstić information content (AvgIpc) is 3.45. The minimum Gasteiger partial charge on any atom is -0.450 e. The van der Waals surface area contributed by atoms with E-state index in [4.69, 9.17) is 4.74 Å². The number of likely N-dealkylation sites (tertiary alicyclic amines) is 1. The van der Waals surface area contributed by atoms with E-state index in [0.717, 1.165) is 32.2 Å². The highest BCUT2D eigenvalue weighted by Crippen LogP contribution is 2.32. The monoisotopic (exact) mass is 389 g/mol. The summed E-state index contributed by atoms with van der Waals surface area (Å²) in [5.74, 6) is 1.17. The first-order valence-corrected chi connectivity index (χ1v) is 10.00. The molecular formula is C18H33F2N5O2. The molecule has 0 aromatic rings. The maximum absolute atomic E-state index is 12.5. The van der Waals surface area contributed by atoms with Gasteiger partial charge in [0.1, 0.15) is 0 Å². The fourth-order valence-corrected chi connectivity index (χ4v) is 3.29. The molecule has 1 amide bonds. The summed E-state index contributed by atoms with van der Waals surface area (Å²) < 4.78 is 29.9. The van der Waals surface area contributed by atoms with Gasteiger partial charge in [-0.25, -0.2) is 13.6 Å². The van der Waals surface area contributed by atoms with E-state index in [1.54, 1.807) is 11.8 Å². The van der Waals surface area contributed by atoms with Gasteiger partial charge >= 0.3 is 6.09 Å². The highest BCUT2D eigenvalue weighted by Gasteiger charge is 2.32. The molecule has 1 aliphatic heterocycles. The molecule has 3 N–H and O–H groups in total. The number of amides is 1. The van der Waals surface area contributed by atoms with Crippen molar-refractivity contribution < 1.29 is 18.3 Å². The second kappa shape index (κ2) is 11.3. The summed E-state index contributed by atoms with van der Waals surface area (Å²) in [6, 6.07) is 0.196. The standard InChI is InChI=1S/C18H33F2N5O2/c1-3-21-17(23-14-7-9-25(10-8-14)12-16(19)20)22-11-15(13-5-6-13)24-18(26)27-4-2/h13-16H,3-12H2,1-2H3,(H,24,26)(H2,21,22,23). The molecular weight excluding hydrogens is 356 g/mol. The topological polar surface area (TPSA) is 78.0 Å². The van der Waals surface area contributed by atoms with Crippen molar-refractivity contribution in [1.82, 2.24) is 20.9 Å². The summed E-state index contributed by atoms with van der Waals surface area (Å²) >= 11 is 0. The van der Waals surface area contributed by atoms with Crippen LogP contribution in [0.2, 0.25) is 0 Å². The van der Waals surface area contributed by atoms with Crippen LogP contribution in [0.15, 0.2) is 4.99 Å². The van der Waals surface area contributed by atoms with Crippen molar-refractivity contribution >= 4 is 12.1 Å². The lowest BCUT2D eigenvalue weighted by Crippen LogP contribution is -2.49. The van der Waals surface area contributed by atoms with E-state index in [1.807, 2.05) is 6.92 Å². The van der Waals surface area contributed by atoms with Gasteiger partial charge in [0, 0.05) is 25.7 Å². The van der Waals surface area contributed by atoms with E-state index >= 15 is 0 Å². The lowest BCUT2D eigenvalue weighted by atomic mass is 10.1. The molecule has 7 nitrogen and oxygen atoms in total. The van der Waals surface area contributed by atoms with Crippen molar-refractivity contribution in [1.29, 1.82) is 0 Å². The summed E-state index contributed by atoms with van der Waals surface area (Å²) in [4.78, 5) is 18.2. The predicted molar refractivity (Wildman–Crippen MR) is 101 cm³/mol. The molecule has 0 bridgehead atoms. The Morgan fingerprint density at radius 3 is 2.48 bits per heavy atom. The first-order valence-electron chi connectivity index (χ1n) is 10.00. The van der Waals surface area contributed by atoms with Crippen molar-refractivity contribution in [3.05, 3.63) is 0 Å². The molecule has 0 aromatic carbocycles. The summed E-state index contributed by atoms with van der Waals surface area (Å²) in [5.41, 5.74) is 0. The summed E-state index contributed by atoms with van der Waals surface area (Å²) in [5, 5.41) is 9.54. The van der Waals surface area contributed by atoms with Crippen molar-refractivity contribution in [2.24, 2.45) is 10.9 Å². The van der Waals surface area contributed by atoms with Crippen LogP contribution in [0.1, 0.15) is 39.5 Å². The van der Waals surface area contributed by atoms with Gasteiger partial charge in [-0.1, -0.05) is 0 Å². The Morgan fingerprint density at radius 2 is 1.93 bits per heavy atom. The van der Waals surface area contributed by atoms with Crippen LogP contribution in [-0.2, 0) is 4.74 Å². The van der Waals surface area contributed by atoms with Crippen LogP contribution in [-0.4, -0.2) is 74.8 Å². The Morgan fingerprint density at radius 1 is 1.22 bits per heavy atom. The second-order valence-corrected chi connectivity index (χ2v) is 7.14. The number of guanidine groups is 1. The van der Waals surface area contributed by atoms with Gasteiger partial charge in [-0.2, -0.15) is 0 Å². The lowest BCUT2D eigenvalue weighted by Gasteiger charge is -2.32. The van der Waals surface area contributed by atoms with Crippen molar-refractivity contribution in [3.8, 4) is 0 Å². The fraction of sp³-hybridized carbons (Fsp3) is 0.889. The lowest BCUT2D eigenvalue weighted by molar-refractivity contribution is 0.0744. The van der Waals surface area contributed by atoms with Crippen LogP contribution >= 0.6 is 0 Å². The van der Waals surface area contributed by atoms with Gasteiger partial charge in [0.05, 0.1) is 25.7 Å². The molecule has 27 heavy (non-hydrogen) atoms. The quantitative estimate of drug-likeness (QED) is 0.414. The summed E-state index contributed by atoms with van der Waals surface area (Å²) in [7, 11) is 0. The van der Waals surface area contributed by atoms with Gasteiger partial charge < -0.3 is 20.7 Å². The first kappa shape index (κ1) is 21.7. The molecule has 1 atom stereocenters. The Hall–Kier alpha value is -1.64. The normalized spacial score (nSPS) is 20.4. The molecule has 1 saturated heterocycles. The molecule has 1 saturated carbocycles. The third kappa shape index (κ3) is 8.28. The van der Waals surface area contributed by atoms with E-state index in [2.05, 4.69) is 20.9 Å². The zero-order valence-electron chi connectivity index (χ0n) is 16.3. The number of carbonyl (C=O) groups is 1. The average molecular weight is 389 g/mol. The number of ether oxygens (including phenoxy) is 1. The molecule has 9 heteroatoms.